The van der Waals surface area contributed by atoms with E-state index in [1.165, 1.54) is 0 Å². The lowest BCUT2D eigenvalue weighted by molar-refractivity contribution is 0.0688. The van der Waals surface area contributed by atoms with Gasteiger partial charge in [-0.25, -0.2) is 4.68 Å². The lowest BCUT2D eigenvalue weighted by atomic mass is 9.99. The number of likely N-dealkylation sites (tertiary alicyclic amines) is 1. The van der Waals surface area contributed by atoms with Gasteiger partial charge < -0.3 is 14.4 Å². The van der Waals surface area contributed by atoms with Gasteiger partial charge in [0.15, 0.2) is 0 Å². The quantitative estimate of drug-likeness (QED) is 0.474. The zero-order chi connectivity index (χ0) is 22.8. The van der Waals surface area contributed by atoms with Crippen LogP contribution >= 0.6 is 23.2 Å². The first kappa shape index (κ1) is 22.5. The molecule has 0 spiro atoms. The van der Waals surface area contributed by atoms with E-state index in [9.17, 15) is 4.79 Å². The highest BCUT2D eigenvalue weighted by atomic mass is 35.5. The minimum absolute atomic E-state index is 0.0609. The molecule has 0 N–H and O–H groups in total. The maximum Gasteiger partial charge on any atom is 0.272 e. The second kappa shape index (κ2) is 9.43. The molecule has 1 amide bonds. The summed E-state index contributed by atoms with van der Waals surface area (Å²) in [5, 5.41) is 5.60. The fourth-order valence-corrected chi connectivity index (χ4v) is 4.15. The Bertz CT molecular complexity index is 1140. The average Bonchev–Trinajstić information content (AvgIpc) is 3.25. The Morgan fingerprint density at radius 2 is 1.75 bits per heavy atom. The monoisotopic (exact) mass is 473 g/mol. The summed E-state index contributed by atoms with van der Waals surface area (Å²) in [5.41, 5.74) is 2.50. The van der Waals surface area contributed by atoms with E-state index in [4.69, 9.17) is 37.8 Å². The SMILES string of the molecule is COc1ccc(-c2cc(C(=O)N3CCC(C)CC3)n(-c3ccc(Cl)c(Cl)c3)n2)c(OC)c1. The van der Waals surface area contributed by atoms with Crippen molar-refractivity contribution in [1.29, 1.82) is 0 Å². The number of nitrogens with zero attached hydrogens (tertiary/aromatic N) is 3. The van der Waals surface area contributed by atoms with Crippen LogP contribution in [0.5, 0.6) is 11.5 Å². The number of rotatable bonds is 5. The van der Waals surface area contributed by atoms with Crippen LogP contribution in [0.25, 0.3) is 16.9 Å². The van der Waals surface area contributed by atoms with E-state index >= 15 is 0 Å². The molecule has 4 rings (SSSR count). The molecule has 0 atom stereocenters. The summed E-state index contributed by atoms with van der Waals surface area (Å²) in [6, 6.07) is 12.5. The van der Waals surface area contributed by atoms with Crippen LogP contribution < -0.4 is 9.47 Å². The van der Waals surface area contributed by atoms with Gasteiger partial charge in [0, 0.05) is 24.7 Å². The zero-order valence-electron chi connectivity index (χ0n) is 18.3. The molecule has 1 fully saturated rings. The summed E-state index contributed by atoms with van der Waals surface area (Å²) < 4.78 is 12.5. The van der Waals surface area contributed by atoms with Crippen molar-refractivity contribution in [3.05, 3.63) is 58.2 Å². The van der Waals surface area contributed by atoms with Gasteiger partial charge in [-0.1, -0.05) is 30.1 Å². The van der Waals surface area contributed by atoms with Gasteiger partial charge in [0.05, 0.1) is 35.6 Å². The van der Waals surface area contributed by atoms with Gasteiger partial charge in [0.25, 0.3) is 5.91 Å². The van der Waals surface area contributed by atoms with E-state index in [2.05, 4.69) is 6.92 Å². The standard InChI is InChI=1S/C24H25Cl2N3O3/c1-15-8-10-28(11-9-15)24(30)22-14-21(18-6-5-17(31-2)13-23(18)32-3)27-29(22)16-4-7-19(25)20(26)12-16/h4-7,12-15H,8-11H2,1-3H3. The number of amides is 1. The molecule has 32 heavy (non-hydrogen) atoms. The third-order valence-electron chi connectivity index (χ3n) is 5.83. The summed E-state index contributed by atoms with van der Waals surface area (Å²) in [6.07, 6.45) is 1.98. The van der Waals surface area contributed by atoms with Gasteiger partial charge in [0.1, 0.15) is 17.2 Å². The fraction of sp³-hybridized carbons (Fsp3) is 0.333. The molecule has 168 valence electrons. The highest BCUT2D eigenvalue weighted by Gasteiger charge is 2.26. The molecule has 1 aliphatic heterocycles. The molecule has 1 aromatic heterocycles. The Kier molecular flexibility index (Phi) is 6.63. The van der Waals surface area contributed by atoms with Crippen molar-refractivity contribution in [2.75, 3.05) is 27.3 Å². The highest BCUT2D eigenvalue weighted by Crippen LogP contribution is 2.34. The molecule has 2 heterocycles. The van der Waals surface area contributed by atoms with Crippen LogP contribution in [0.4, 0.5) is 0 Å². The molecule has 3 aromatic rings. The molecule has 8 heteroatoms. The van der Waals surface area contributed by atoms with E-state index in [-0.39, 0.29) is 5.91 Å². The second-order valence-electron chi connectivity index (χ2n) is 7.97. The van der Waals surface area contributed by atoms with Gasteiger partial charge in [-0.2, -0.15) is 5.10 Å². The summed E-state index contributed by atoms with van der Waals surface area (Å²) in [5.74, 6) is 1.84. The predicted molar refractivity (Wildman–Crippen MR) is 126 cm³/mol. The molecule has 1 saturated heterocycles. The number of benzene rings is 2. The van der Waals surface area contributed by atoms with E-state index in [1.54, 1.807) is 49.2 Å². The van der Waals surface area contributed by atoms with Crippen LogP contribution in [0.1, 0.15) is 30.3 Å². The van der Waals surface area contributed by atoms with Crippen molar-refractivity contribution in [2.24, 2.45) is 5.92 Å². The summed E-state index contributed by atoms with van der Waals surface area (Å²) in [6.45, 7) is 3.68. The number of piperidine rings is 1. The molecule has 0 aliphatic carbocycles. The number of carbonyl (C=O) groups is 1. The molecular weight excluding hydrogens is 449 g/mol. The zero-order valence-corrected chi connectivity index (χ0v) is 19.8. The van der Waals surface area contributed by atoms with Crippen LogP contribution in [-0.4, -0.2) is 47.9 Å². The van der Waals surface area contributed by atoms with Crippen LogP contribution in [0.2, 0.25) is 10.0 Å². The van der Waals surface area contributed by atoms with E-state index in [0.29, 0.717) is 44.5 Å². The molecular formula is C24H25Cl2N3O3. The number of hydrogen-bond donors (Lipinski definition) is 0. The second-order valence-corrected chi connectivity index (χ2v) is 8.78. The first-order valence-electron chi connectivity index (χ1n) is 10.5. The first-order chi connectivity index (χ1) is 15.4. The van der Waals surface area contributed by atoms with Crippen LogP contribution in [0.15, 0.2) is 42.5 Å². The summed E-state index contributed by atoms with van der Waals surface area (Å²) in [4.78, 5) is 15.4. The third-order valence-corrected chi connectivity index (χ3v) is 6.57. The van der Waals surface area contributed by atoms with Gasteiger partial charge in [-0.15, -0.1) is 0 Å². The number of methoxy groups -OCH3 is 2. The number of hydrogen-bond acceptors (Lipinski definition) is 4. The Labute approximate surface area is 197 Å². The Morgan fingerprint density at radius 1 is 1.00 bits per heavy atom. The Morgan fingerprint density at radius 3 is 2.41 bits per heavy atom. The number of ether oxygens (including phenoxy) is 2. The maximum absolute atomic E-state index is 13.5. The normalized spacial score (nSPS) is 14.5. The van der Waals surface area contributed by atoms with Gasteiger partial charge in [-0.05, 0) is 55.2 Å². The molecule has 1 aliphatic rings. The van der Waals surface area contributed by atoms with E-state index in [1.807, 2.05) is 17.0 Å². The molecule has 0 bridgehead atoms. The van der Waals surface area contributed by atoms with Crippen LogP contribution in [0, 0.1) is 5.92 Å². The smallest absolute Gasteiger partial charge is 0.272 e. The van der Waals surface area contributed by atoms with Crippen LogP contribution in [-0.2, 0) is 0 Å². The Hall–Kier alpha value is -2.70. The molecule has 0 unspecified atom stereocenters. The largest absolute Gasteiger partial charge is 0.497 e. The Balaban J connectivity index is 1.82. The lowest BCUT2D eigenvalue weighted by Gasteiger charge is -2.30. The molecule has 2 aromatic carbocycles. The van der Waals surface area contributed by atoms with E-state index in [0.717, 1.165) is 31.5 Å². The summed E-state index contributed by atoms with van der Waals surface area (Å²) >= 11 is 12.4. The van der Waals surface area contributed by atoms with Gasteiger partial charge in [0.2, 0.25) is 0 Å². The topological polar surface area (TPSA) is 56.6 Å². The van der Waals surface area contributed by atoms with Crippen molar-refractivity contribution >= 4 is 29.1 Å². The highest BCUT2D eigenvalue weighted by molar-refractivity contribution is 6.42. The molecule has 6 nitrogen and oxygen atoms in total. The number of carbonyl (C=O) groups excluding carboxylic acids is 1. The van der Waals surface area contributed by atoms with E-state index < -0.39 is 0 Å². The van der Waals surface area contributed by atoms with Gasteiger partial charge in [-0.3, -0.25) is 4.79 Å². The van der Waals surface area contributed by atoms with Crippen molar-refractivity contribution in [3.8, 4) is 28.4 Å². The fourth-order valence-electron chi connectivity index (χ4n) is 3.86. The van der Waals surface area contributed by atoms with Crippen molar-refractivity contribution in [3.63, 3.8) is 0 Å². The number of halogens is 2. The lowest BCUT2D eigenvalue weighted by Crippen LogP contribution is -2.38. The minimum Gasteiger partial charge on any atom is -0.497 e. The molecule has 0 radical (unpaired) electrons. The third kappa shape index (κ3) is 4.43. The van der Waals surface area contributed by atoms with Crippen molar-refractivity contribution in [1.82, 2.24) is 14.7 Å². The minimum atomic E-state index is -0.0609. The number of aromatic nitrogens is 2. The van der Waals surface area contributed by atoms with Gasteiger partial charge >= 0.3 is 0 Å². The molecule has 0 saturated carbocycles. The summed E-state index contributed by atoms with van der Waals surface area (Å²) in [7, 11) is 3.19. The van der Waals surface area contributed by atoms with Crippen molar-refractivity contribution < 1.29 is 14.3 Å². The average molecular weight is 474 g/mol. The maximum atomic E-state index is 13.5. The predicted octanol–water partition coefficient (Wildman–Crippen LogP) is 5.74. The first-order valence-corrected chi connectivity index (χ1v) is 11.2. The van der Waals surface area contributed by atoms with Crippen LogP contribution in [0.3, 0.4) is 0 Å². The van der Waals surface area contributed by atoms with Crippen molar-refractivity contribution in [2.45, 2.75) is 19.8 Å².